The van der Waals surface area contributed by atoms with Crippen molar-refractivity contribution in [1.29, 1.82) is 5.26 Å². The number of benzene rings is 1. The molecule has 0 radical (unpaired) electrons. The van der Waals surface area contributed by atoms with Gasteiger partial charge in [-0.25, -0.2) is 0 Å². The van der Waals surface area contributed by atoms with Crippen LogP contribution in [0.5, 0.6) is 11.5 Å². The molecule has 16 heavy (non-hydrogen) atoms. The molecule has 2 rings (SSSR count). The summed E-state index contributed by atoms with van der Waals surface area (Å²) in [5.74, 6) is 1.34. The van der Waals surface area contributed by atoms with Crippen LogP contribution >= 0.6 is 0 Å². The van der Waals surface area contributed by atoms with Crippen molar-refractivity contribution in [3.05, 3.63) is 23.8 Å². The minimum Gasteiger partial charge on any atom is -0.480 e. The zero-order valence-corrected chi connectivity index (χ0v) is 10.00. The first-order chi connectivity index (χ1) is 7.36. The number of hydrogen-bond acceptors (Lipinski definition) is 3. The highest BCUT2D eigenvalue weighted by atomic mass is 16.6. The molecule has 1 aromatic rings. The van der Waals surface area contributed by atoms with Crippen LogP contribution in [0.1, 0.15) is 33.3 Å². The van der Waals surface area contributed by atoms with Crippen LogP contribution in [0, 0.1) is 11.3 Å². The molecule has 0 atom stereocenters. The van der Waals surface area contributed by atoms with E-state index in [4.69, 9.17) is 14.7 Å². The highest BCUT2D eigenvalue weighted by Gasteiger charge is 2.45. The van der Waals surface area contributed by atoms with Gasteiger partial charge in [-0.1, -0.05) is 0 Å². The minimum atomic E-state index is -0.423. The Bertz CT molecular complexity index is 469. The van der Waals surface area contributed by atoms with Crippen LogP contribution in [0.25, 0.3) is 0 Å². The van der Waals surface area contributed by atoms with Crippen LogP contribution in [0.3, 0.4) is 0 Å². The molecule has 0 bridgehead atoms. The molecule has 0 aliphatic carbocycles. The lowest BCUT2D eigenvalue weighted by molar-refractivity contribution is -0.0991. The molecule has 0 N–H and O–H groups in total. The van der Waals surface area contributed by atoms with Gasteiger partial charge in [0.15, 0.2) is 11.5 Å². The largest absolute Gasteiger partial charge is 0.480 e. The van der Waals surface area contributed by atoms with Crippen LogP contribution < -0.4 is 9.47 Å². The van der Waals surface area contributed by atoms with Crippen molar-refractivity contribution in [3.63, 3.8) is 0 Å². The van der Waals surface area contributed by atoms with Gasteiger partial charge < -0.3 is 9.47 Å². The average Bonchev–Trinajstić information content (AvgIpc) is 2.18. The molecule has 1 aliphatic heterocycles. The van der Waals surface area contributed by atoms with Crippen LogP contribution in [-0.4, -0.2) is 11.2 Å². The molecule has 0 spiro atoms. The summed E-state index contributed by atoms with van der Waals surface area (Å²) in [6.07, 6.45) is 0. The summed E-state index contributed by atoms with van der Waals surface area (Å²) in [7, 11) is 0. The number of ether oxygens (including phenoxy) is 2. The third-order valence-corrected chi connectivity index (χ3v) is 3.25. The number of nitrogens with zero attached hydrogens (tertiary/aromatic N) is 1. The second-order valence-corrected chi connectivity index (χ2v) is 5.00. The number of nitriles is 1. The van der Waals surface area contributed by atoms with Gasteiger partial charge >= 0.3 is 0 Å². The summed E-state index contributed by atoms with van der Waals surface area (Å²) in [6.45, 7) is 7.95. The lowest BCUT2D eigenvalue weighted by atomic mass is 9.88. The molecule has 3 heteroatoms. The fourth-order valence-corrected chi connectivity index (χ4v) is 1.54. The molecule has 0 unspecified atom stereocenters. The Hall–Kier alpha value is -1.69. The Kier molecular flexibility index (Phi) is 2.13. The van der Waals surface area contributed by atoms with Crippen LogP contribution in [0.2, 0.25) is 0 Å². The van der Waals surface area contributed by atoms with E-state index in [-0.39, 0.29) is 0 Å². The van der Waals surface area contributed by atoms with E-state index in [1.807, 2.05) is 27.7 Å². The number of hydrogen-bond donors (Lipinski definition) is 0. The fraction of sp³-hybridized carbons (Fsp3) is 0.462. The van der Waals surface area contributed by atoms with E-state index in [1.54, 1.807) is 18.2 Å². The van der Waals surface area contributed by atoms with Crippen molar-refractivity contribution in [3.8, 4) is 17.6 Å². The fourth-order valence-electron chi connectivity index (χ4n) is 1.54. The Morgan fingerprint density at radius 1 is 1.00 bits per heavy atom. The summed E-state index contributed by atoms with van der Waals surface area (Å²) < 4.78 is 11.8. The van der Waals surface area contributed by atoms with Crippen LogP contribution in [-0.2, 0) is 0 Å². The summed E-state index contributed by atoms with van der Waals surface area (Å²) in [5, 5.41) is 8.83. The summed E-state index contributed by atoms with van der Waals surface area (Å²) >= 11 is 0. The predicted octanol–water partition coefficient (Wildman–Crippen LogP) is 2.89. The minimum absolute atomic E-state index is 0.395. The Morgan fingerprint density at radius 2 is 1.56 bits per heavy atom. The van der Waals surface area contributed by atoms with E-state index in [2.05, 4.69) is 6.07 Å². The molecular formula is C13H15NO2. The highest BCUT2D eigenvalue weighted by Crippen LogP contribution is 2.43. The summed E-state index contributed by atoms with van der Waals surface area (Å²) in [5.41, 5.74) is -0.236. The van der Waals surface area contributed by atoms with E-state index in [1.165, 1.54) is 0 Å². The van der Waals surface area contributed by atoms with Crippen LogP contribution in [0.4, 0.5) is 0 Å². The molecule has 0 fully saturated rings. The van der Waals surface area contributed by atoms with Crippen molar-refractivity contribution >= 4 is 0 Å². The van der Waals surface area contributed by atoms with Gasteiger partial charge in [-0.3, -0.25) is 0 Å². The Balaban J connectivity index is 2.48. The van der Waals surface area contributed by atoms with Crippen LogP contribution in [0.15, 0.2) is 18.2 Å². The molecule has 0 saturated heterocycles. The third-order valence-electron chi connectivity index (χ3n) is 3.25. The first-order valence-corrected chi connectivity index (χ1v) is 5.28. The van der Waals surface area contributed by atoms with Gasteiger partial charge in [-0.05, 0) is 39.8 Å². The summed E-state index contributed by atoms with van der Waals surface area (Å²) in [6, 6.07) is 7.32. The molecule has 1 aliphatic rings. The number of rotatable bonds is 0. The van der Waals surface area contributed by atoms with Gasteiger partial charge in [-0.2, -0.15) is 5.26 Å². The molecule has 3 nitrogen and oxygen atoms in total. The van der Waals surface area contributed by atoms with Crippen molar-refractivity contribution < 1.29 is 9.47 Å². The zero-order chi connectivity index (χ0) is 12.0. The van der Waals surface area contributed by atoms with Crippen molar-refractivity contribution in [2.75, 3.05) is 0 Å². The van der Waals surface area contributed by atoms with Gasteiger partial charge in [0.05, 0.1) is 11.6 Å². The maximum atomic E-state index is 8.83. The Labute approximate surface area is 95.6 Å². The molecule has 84 valence electrons. The second-order valence-electron chi connectivity index (χ2n) is 5.00. The SMILES string of the molecule is CC1(C)Oc2ccc(C#N)cc2OC1(C)C. The standard InChI is InChI=1S/C13H15NO2/c1-12(2)13(3,4)16-11-7-9(8-14)5-6-10(11)15-12/h5-7H,1-4H3. The molecule has 0 saturated carbocycles. The van der Waals surface area contributed by atoms with Crippen molar-refractivity contribution in [1.82, 2.24) is 0 Å². The first kappa shape index (κ1) is 10.8. The monoisotopic (exact) mass is 217 g/mol. The van der Waals surface area contributed by atoms with E-state index in [9.17, 15) is 0 Å². The van der Waals surface area contributed by atoms with E-state index in [0.29, 0.717) is 17.1 Å². The Morgan fingerprint density at radius 3 is 2.12 bits per heavy atom. The lowest BCUT2D eigenvalue weighted by Crippen LogP contribution is -2.56. The lowest BCUT2D eigenvalue weighted by Gasteiger charge is -2.45. The normalized spacial score (nSPS) is 19.9. The maximum absolute atomic E-state index is 8.83. The molecule has 1 heterocycles. The molecule has 0 aromatic heterocycles. The van der Waals surface area contributed by atoms with Gasteiger partial charge in [0.2, 0.25) is 0 Å². The van der Waals surface area contributed by atoms with Gasteiger partial charge in [0.25, 0.3) is 0 Å². The predicted molar refractivity (Wildman–Crippen MR) is 60.6 cm³/mol. The van der Waals surface area contributed by atoms with Gasteiger partial charge in [0, 0.05) is 6.07 Å². The van der Waals surface area contributed by atoms with Gasteiger partial charge in [0.1, 0.15) is 11.2 Å². The quantitative estimate of drug-likeness (QED) is 0.671. The van der Waals surface area contributed by atoms with E-state index >= 15 is 0 Å². The number of fused-ring (bicyclic) bond motifs is 1. The second kappa shape index (κ2) is 3.15. The molecular weight excluding hydrogens is 202 g/mol. The first-order valence-electron chi connectivity index (χ1n) is 5.28. The average molecular weight is 217 g/mol. The molecule has 0 amide bonds. The highest BCUT2D eigenvalue weighted by molar-refractivity contribution is 5.48. The zero-order valence-electron chi connectivity index (χ0n) is 10.00. The van der Waals surface area contributed by atoms with Gasteiger partial charge in [-0.15, -0.1) is 0 Å². The van der Waals surface area contributed by atoms with Crippen molar-refractivity contribution in [2.45, 2.75) is 38.9 Å². The van der Waals surface area contributed by atoms with Crippen molar-refractivity contribution in [2.24, 2.45) is 0 Å². The third kappa shape index (κ3) is 1.51. The topological polar surface area (TPSA) is 42.2 Å². The van der Waals surface area contributed by atoms with E-state index in [0.717, 1.165) is 0 Å². The maximum Gasteiger partial charge on any atom is 0.163 e. The smallest absolute Gasteiger partial charge is 0.163 e. The molecule has 1 aromatic carbocycles. The summed E-state index contributed by atoms with van der Waals surface area (Å²) in [4.78, 5) is 0. The van der Waals surface area contributed by atoms with E-state index < -0.39 is 11.2 Å².